The lowest BCUT2D eigenvalue weighted by molar-refractivity contribution is 0.418. The second-order valence-corrected chi connectivity index (χ2v) is 6.48. The third-order valence-corrected chi connectivity index (χ3v) is 5.17. The molecule has 2 aromatic heterocycles. The maximum Gasteiger partial charge on any atom is 0.145 e. The van der Waals surface area contributed by atoms with E-state index < -0.39 is 0 Å². The molecule has 0 bridgehead atoms. The van der Waals surface area contributed by atoms with Crippen LogP contribution in [0.2, 0.25) is 0 Å². The second kappa shape index (κ2) is 6.56. The lowest BCUT2D eigenvalue weighted by Crippen LogP contribution is -2.13. The molecule has 0 aliphatic carbocycles. The summed E-state index contributed by atoms with van der Waals surface area (Å²) in [6, 6.07) is 12.2. The molecule has 1 N–H and O–H groups in total. The van der Waals surface area contributed by atoms with Crippen molar-refractivity contribution in [1.82, 2.24) is 10.3 Å². The molecule has 0 radical (unpaired) electrons. The number of benzene rings is 1. The van der Waals surface area contributed by atoms with Gasteiger partial charge in [-0.2, -0.15) is 0 Å². The first kappa shape index (κ1) is 14.5. The quantitative estimate of drug-likeness (QED) is 0.732. The molecule has 108 valence electrons. The van der Waals surface area contributed by atoms with E-state index >= 15 is 0 Å². The highest BCUT2D eigenvalue weighted by Gasteiger charge is 2.05. The SMILES string of the molecule is COc1cccc2ccc(CNCc3sccc3Br)nc12. The van der Waals surface area contributed by atoms with E-state index in [1.807, 2.05) is 18.2 Å². The van der Waals surface area contributed by atoms with E-state index in [1.165, 1.54) is 4.88 Å². The fourth-order valence-corrected chi connectivity index (χ4v) is 3.64. The standard InChI is InChI=1S/C16H15BrN2OS/c1-20-14-4-2-3-11-5-6-12(19-16(11)14)9-18-10-15-13(17)7-8-21-15/h2-8,18H,9-10H2,1H3. The number of ether oxygens (including phenoxy) is 1. The molecule has 3 nitrogen and oxygen atoms in total. The molecule has 0 aliphatic rings. The molecular weight excluding hydrogens is 348 g/mol. The van der Waals surface area contributed by atoms with Crippen LogP contribution in [0.5, 0.6) is 5.75 Å². The maximum atomic E-state index is 5.37. The molecule has 0 aliphatic heterocycles. The van der Waals surface area contributed by atoms with Gasteiger partial charge in [0.05, 0.1) is 12.8 Å². The molecule has 2 heterocycles. The Labute approximate surface area is 136 Å². The Morgan fingerprint density at radius 3 is 2.86 bits per heavy atom. The number of nitrogens with one attached hydrogen (secondary N) is 1. The average molecular weight is 363 g/mol. The van der Waals surface area contributed by atoms with E-state index in [0.717, 1.165) is 39.9 Å². The first-order valence-electron chi connectivity index (χ1n) is 6.63. The van der Waals surface area contributed by atoms with Crippen LogP contribution in [0.1, 0.15) is 10.6 Å². The molecule has 0 amide bonds. The molecule has 3 rings (SSSR count). The Morgan fingerprint density at radius 2 is 2.10 bits per heavy atom. The highest BCUT2D eigenvalue weighted by molar-refractivity contribution is 9.10. The zero-order valence-corrected chi connectivity index (χ0v) is 14.0. The summed E-state index contributed by atoms with van der Waals surface area (Å²) in [6.45, 7) is 1.57. The Balaban J connectivity index is 1.74. The van der Waals surface area contributed by atoms with E-state index in [-0.39, 0.29) is 0 Å². The van der Waals surface area contributed by atoms with Crippen molar-refractivity contribution in [3.8, 4) is 5.75 Å². The van der Waals surface area contributed by atoms with Crippen LogP contribution in [-0.2, 0) is 13.1 Å². The number of hydrogen-bond acceptors (Lipinski definition) is 4. The summed E-state index contributed by atoms with van der Waals surface area (Å²) in [5.74, 6) is 0.815. The number of fused-ring (bicyclic) bond motifs is 1. The van der Waals surface area contributed by atoms with E-state index in [1.54, 1.807) is 18.4 Å². The van der Waals surface area contributed by atoms with Crippen LogP contribution in [0.25, 0.3) is 10.9 Å². The van der Waals surface area contributed by atoms with E-state index in [9.17, 15) is 0 Å². The average Bonchev–Trinajstić information content (AvgIpc) is 2.92. The lowest BCUT2D eigenvalue weighted by atomic mass is 10.2. The molecule has 0 spiro atoms. The van der Waals surface area contributed by atoms with Crippen molar-refractivity contribution in [2.75, 3.05) is 7.11 Å². The topological polar surface area (TPSA) is 34.1 Å². The van der Waals surface area contributed by atoms with Crippen LogP contribution in [0, 0.1) is 0 Å². The number of nitrogens with zero attached hydrogens (tertiary/aromatic N) is 1. The molecular formula is C16H15BrN2OS. The van der Waals surface area contributed by atoms with Crippen LogP contribution in [-0.4, -0.2) is 12.1 Å². The first-order chi connectivity index (χ1) is 10.3. The summed E-state index contributed by atoms with van der Waals surface area (Å²) >= 11 is 5.29. The van der Waals surface area contributed by atoms with Gasteiger partial charge in [0.2, 0.25) is 0 Å². The van der Waals surface area contributed by atoms with Crippen molar-refractivity contribution in [3.05, 3.63) is 56.8 Å². The minimum atomic E-state index is 0.734. The van der Waals surface area contributed by atoms with Gasteiger partial charge >= 0.3 is 0 Å². The van der Waals surface area contributed by atoms with Gasteiger partial charge in [-0.05, 0) is 39.5 Å². The van der Waals surface area contributed by atoms with Gasteiger partial charge < -0.3 is 10.1 Å². The predicted molar refractivity (Wildman–Crippen MR) is 90.9 cm³/mol. The summed E-state index contributed by atoms with van der Waals surface area (Å²) in [5.41, 5.74) is 1.93. The highest BCUT2D eigenvalue weighted by Crippen LogP contribution is 2.24. The van der Waals surface area contributed by atoms with Gasteiger partial charge in [0.15, 0.2) is 0 Å². The number of rotatable bonds is 5. The van der Waals surface area contributed by atoms with Crippen LogP contribution in [0.4, 0.5) is 0 Å². The molecule has 0 saturated carbocycles. The summed E-state index contributed by atoms with van der Waals surface area (Å²) in [5, 5.41) is 6.60. The Hall–Kier alpha value is -1.43. The number of pyridine rings is 1. The van der Waals surface area contributed by atoms with Crippen molar-refractivity contribution in [2.24, 2.45) is 0 Å². The van der Waals surface area contributed by atoms with Crippen molar-refractivity contribution < 1.29 is 4.74 Å². The molecule has 0 unspecified atom stereocenters. The molecule has 0 saturated heterocycles. The lowest BCUT2D eigenvalue weighted by Gasteiger charge is -2.08. The third kappa shape index (κ3) is 3.26. The second-order valence-electron chi connectivity index (χ2n) is 4.63. The smallest absolute Gasteiger partial charge is 0.145 e. The number of aromatic nitrogens is 1. The van der Waals surface area contributed by atoms with Crippen LogP contribution in [0.3, 0.4) is 0 Å². The van der Waals surface area contributed by atoms with Crippen molar-refractivity contribution in [2.45, 2.75) is 13.1 Å². The number of para-hydroxylation sites is 1. The van der Waals surface area contributed by atoms with Gasteiger partial charge in [0, 0.05) is 27.8 Å². The van der Waals surface area contributed by atoms with Gasteiger partial charge in [0.25, 0.3) is 0 Å². The molecule has 1 aromatic carbocycles. The Kier molecular flexibility index (Phi) is 4.53. The van der Waals surface area contributed by atoms with Gasteiger partial charge in [0.1, 0.15) is 11.3 Å². The van der Waals surface area contributed by atoms with Gasteiger partial charge in [-0.25, -0.2) is 4.98 Å². The normalized spacial score (nSPS) is 11.0. The fraction of sp³-hybridized carbons (Fsp3) is 0.188. The van der Waals surface area contributed by atoms with E-state index in [0.29, 0.717) is 0 Å². The van der Waals surface area contributed by atoms with Crippen LogP contribution >= 0.6 is 27.3 Å². The Bertz CT molecular complexity index is 757. The van der Waals surface area contributed by atoms with E-state index in [4.69, 9.17) is 9.72 Å². The van der Waals surface area contributed by atoms with E-state index in [2.05, 4.69) is 44.8 Å². The maximum absolute atomic E-state index is 5.37. The Morgan fingerprint density at radius 1 is 1.19 bits per heavy atom. The number of thiophene rings is 1. The summed E-state index contributed by atoms with van der Waals surface area (Å²) in [4.78, 5) is 5.99. The molecule has 3 aromatic rings. The zero-order chi connectivity index (χ0) is 14.7. The number of halogens is 1. The fourth-order valence-electron chi connectivity index (χ4n) is 2.18. The van der Waals surface area contributed by atoms with Gasteiger partial charge in [-0.15, -0.1) is 11.3 Å². The minimum Gasteiger partial charge on any atom is -0.494 e. The molecule has 0 fully saturated rings. The number of hydrogen-bond donors (Lipinski definition) is 1. The summed E-state index contributed by atoms with van der Waals surface area (Å²) in [6.07, 6.45) is 0. The summed E-state index contributed by atoms with van der Waals surface area (Å²) < 4.78 is 6.53. The zero-order valence-electron chi connectivity index (χ0n) is 11.6. The molecule has 21 heavy (non-hydrogen) atoms. The van der Waals surface area contributed by atoms with Crippen LogP contribution < -0.4 is 10.1 Å². The predicted octanol–water partition coefficient (Wildman–Crippen LogP) is 4.36. The molecule has 5 heteroatoms. The largest absolute Gasteiger partial charge is 0.494 e. The van der Waals surface area contributed by atoms with Crippen molar-refractivity contribution >= 4 is 38.2 Å². The van der Waals surface area contributed by atoms with Crippen molar-refractivity contribution in [1.29, 1.82) is 0 Å². The number of methoxy groups -OCH3 is 1. The van der Waals surface area contributed by atoms with Gasteiger partial charge in [-0.1, -0.05) is 18.2 Å². The van der Waals surface area contributed by atoms with Gasteiger partial charge in [-0.3, -0.25) is 0 Å². The monoisotopic (exact) mass is 362 g/mol. The van der Waals surface area contributed by atoms with Crippen molar-refractivity contribution in [3.63, 3.8) is 0 Å². The first-order valence-corrected chi connectivity index (χ1v) is 8.30. The van der Waals surface area contributed by atoms with Crippen LogP contribution in [0.15, 0.2) is 46.3 Å². The highest BCUT2D eigenvalue weighted by atomic mass is 79.9. The third-order valence-electron chi connectivity index (χ3n) is 3.24. The molecule has 0 atom stereocenters. The summed E-state index contributed by atoms with van der Waals surface area (Å²) in [7, 11) is 1.68. The minimum absolute atomic E-state index is 0.734.